The number of piperazine rings is 1. The van der Waals surface area contributed by atoms with Crippen LogP contribution in [0.2, 0.25) is 10.0 Å². The standard InChI is InChI=1S/C68H69Cl2N11O17/c69-45-21-33-3-11-49(45)97-52-29-39-30-53(61(52)88)98-50-12-7-36(27-46(50)70)60(87)59(68(95)77-56(37-23-41(83)31-42(84)24-37)64(91)73-14-2-16-81-19-17-80(18-20-81)15-1-13-71)79-65(92)55(34-4-8-40(82)9-5-34)76-67(94)58(39)78-66(93)57-38-25-43(85)32-44(26-38)96-51-28-35(6-10-48(51)86)54(72)63(90)74-47(22-33)62(89)75-57/h3-12,21,23-32,47,54-60,82-88H,1-2,13-20,22,71-72H2,(H,73,91)(H,74,90)(H,75,89)(H,76,94)(H,77,95)(H,78,93)(H,79,92)/t47-,54-,55-,56+,57+,58-,59+,60-/m1/s1. The van der Waals surface area contributed by atoms with Crippen LogP contribution in [0.25, 0.3) is 0 Å². The van der Waals surface area contributed by atoms with Crippen molar-refractivity contribution in [2.75, 3.05) is 52.4 Å². The van der Waals surface area contributed by atoms with Crippen LogP contribution in [-0.4, -0.2) is 151 Å². The number of halogens is 2. The van der Waals surface area contributed by atoms with Crippen molar-refractivity contribution in [1.82, 2.24) is 47.0 Å². The summed E-state index contributed by atoms with van der Waals surface area (Å²) in [5.41, 5.74) is 11.7. The summed E-state index contributed by atoms with van der Waals surface area (Å²) in [6, 6.07) is 12.4. The van der Waals surface area contributed by atoms with Crippen molar-refractivity contribution in [3.8, 4) is 69.0 Å². The number of nitrogens with one attached hydrogen (secondary N) is 7. The van der Waals surface area contributed by atoms with Gasteiger partial charge in [-0.3, -0.25) is 33.6 Å². The molecule has 30 heteroatoms. The van der Waals surface area contributed by atoms with Crippen LogP contribution in [0.4, 0.5) is 0 Å². The molecule has 8 atom stereocenters. The molecule has 0 spiro atoms. The van der Waals surface area contributed by atoms with Crippen LogP contribution in [-0.2, 0) is 40.0 Å². The second kappa shape index (κ2) is 29.8. The Morgan fingerprint density at radius 3 is 1.72 bits per heavy atom. The zero-order valence-electron chi connectivity index (χ0n) is 52.0. The van der Waals surface area contributed by atoms with Crippen LogP contribution in [0, 0.1) is 0 Å². The number of phenols is 6. The van der Waals surface area contributed by atoms with Gasteiger partial charge in [0.1, 0.15) is 88.6 Å². The normalized spacial score (nSPS) is 21.0. The smallest absolute Gasteiger partial charge is 0.248 e. The van der Waals surface area contributed by atoms with Crippen LogP contribution in [0.1, 0.15) is 88.1 Å². The average Bonchev–Trinajstić information content (AvgIpc) is 0.791. The number of aliphatic hydroxyl groups is 1. The fraction of sp³-hybridized carbons (Fsp3) is 0.279. The number of fused-ring (bicyclic) bond motifs is 15. The first-order valence-corrected chi connectivity index (χ1v) is 31.9. The Kier molecular flexibility index (Phi) is 20.9. The summed E-state index contributed by atoms with van der Waals surface area (Å²) in [6.07, 6.45) is -1.08. The lowest BCUT2D eigenvalue weighted by atomic mass is 9.97. The number of hydrogen-bond acceptors (Lipinski definition) is 21. The summed E-state index contributed by atoms with van der Waals surface area (Å²) in [5.74, 6) is -12.6. The number of carbonyl (C=O) groups excluding carboxylic acids is 7. The molecule has 7 amide bonds. The molecule has 0 unspecified atom stereocenters. The second-order valence-electron chi connectivity index (χ2n) is 23.9. The number of carbonyl (C=O) groups is 7. The topological polar surface area (TPSA) is 432 Å². The maximum atomic E-state index is 15.8. The molecular weight excluding hydrogens is 1310 g/mol. The number of aliphatic hydroxyl groups excluding tert-OH is 1. The van der Waals surface area contributed by atoms with E-state index >= 15 is 19.2 Å². The zero-order chi connectivity index (χ0) is 69.6. The molecule has 0 aliphatic carbocycles. The van der Waals surface area contributed by atoms with Gasteiger partial charge < -0.3 is 108 Å². The third-order valence-electron chi connectivity index (χ3n) is 17.0. The van der Waals surface area contributed by atoms with Gasteiger partial charge in [0, 0.05) is 51.3 Å². The van der Waals surface area contributed by atoms with Gasteiger partial charge in [0.2, 0.25) is 47.1 Å². The van der Waals surface area contributed by atoms with E-state index in [1.54, 1.807) is 0 Å². The Hall–Kier alpha value is -10.6. The van der Waals surface area contributed by atoms with Crippen molar-refractivity contribution < 1.29 is 83.5 Å². The number of phenolic OH excluding ortho intramolecular Hbond substituents is 6. The number of aromatic hydroxyl groups is 6. The first kappa shape index (κ1) is 68.8. The van der Waals surface area contributed by atoms with Gasteiger partial charge >= 0.3 is 0 Å². The minimum atomic E-state index is -2.15. The van der Waals surface area contributed by atoms with Gasteiger partial charge in [-0.05, 0) is 156 Å². The Morgan fingerprint density at radius 2 is 1.09 bits per heavy atom. The number of amides is 7. The van der Waals surface area contributed by atoms with Gasteiger partial charge in [-0.2, -0.15) is 0 Å². The van der Waals surface area contributed by atoms with Crippen LogP contribution in [0.5, 0.6) is 69.0 Å². The molecule has 7 aromatic carbocycles. The van der Waals surface area contributed by atoms with Gasteiger partial charge in [-0.1, -0.05) is 53.5 Å². The summed E-state index contributed by atoms with van der Waals surface area (Å²) < 4.78 is 18.6. The lowest BCUT2D eigenvalue weighted by Gasteiger charge is -2.34. The van der Waals surface area contributed by atoms with Crippen molar-refractivity contribution in [2.45, 2.75) is 67.7 Å². The summed E-state index contributed by atoms with van der Waals surface area (Å²) in [5, 5.41) is 96.7. The molecule has 1 fully saturated rings. The minimum absolute atomic E-state index is 0.0943. The van der Waals surface area contributed by atoms with E-state index in [4.69, 9.17) is 48.9 Å². The summed E-state index contributed by atoms with van der Waals surface area (Å²) >= 11 is 13.8. The molecule has 98 heavy (non-hydrogen) atoms. The lowest BCUT2D eigenvalue weighted by molar-refractivity contribution is -0.137. The molecule has 512 valence electrons. The molecule has 7 aromatic rings. The molecule has 6 aliphatic heterocycles. The summed E-state index contributed by atoms with van der Waals surface area (Å²) in [6.45, 7) is 5.44. The Balaban J connectivity index is 1.00. The average molecular weight is 1380 g/mol. The SMILES string of the molecule is NCCCN1CCN(CCCNC(=O)[C@@H](NC(=O)[C@H]2NC(=O)[C@@H](c3ccc(O)cc3)NC(=O)[C@@H]3NC(=O)[C@H]4NC(=O)[C@@H](Cc5ccc(c(Cl)c5)Oc5cc3cc(c5O)Oc3ccc(cc3Cl)[C@H]2O)NC(=O)[C@H](N)c2ccc(O)c(c2)Oc2cc(O)cc4c2)c2cc(O)cc(O)c2)CC1. The van der Waals surface area contributed by atoms with E-state index in [2.05, 4.69) is 47.0 Å². The third kappa shape index (κ3) is 15.9. The number of ether oxygens (including phenoxy) is 3. The molecule has 13 bridgehead atoms. The number of hydrogen-bond donors (Lipinski definition) is 16. The molecule has 0 saturated carbocycles. The van der Waals surface area contributed by atoms with Gasteiger partial charge in [0.25, 0.3) is 0 Å². The van der Waals surface area contributed by atoms with Crippen LogP contribution >= 0.6 is 23.2 Å². The van der Waals surface area contributed by atoms with Crippen molar-refractivity contribution in [1.29, 1.82) is 0 Å². The van der Waals surface area contributed by atoms with Crippen molar-refractivity contribution in [2.24, 2.45) is 11.5 Å². The second-order valence-corrected chi connectivity index (χ2v) is 24.7. The third-order valence-corrected chi connectivity index (χ3v) is 17.6. The monoisotopic (exact) mass is 1380 g/mol. The van der Waals surface area contributed by atoms with E-state index in [-0.39, 0.29) is 85.1 Å². The van der Waals surface area contributed by atoms with E-state index in [0.29, 0.717) is 25.1 Å². The lowest BCUT2D eigenvalue weighted by Crippen LogP contribution is -2.55. The first-order valence-electron chi connectivity index (χ1n) is 31.1. The molecule has 6 heterocycles. The molecular formula is C68H69Cl2N11O17. The van der Waals surface area contributed by atoms with Crippen molar-refractivity contribution in [3.63, 3.8) is 0 Å². The highest BCUT2D eigenvalue weighted by Crippen LogP contribution is 2.47. The van der Waals surface area contributed by atoms with Crippen molar-refractivity contribution in [3.05, 3.63) is 176 Å². The number of rotatable bonds is 12. The molecule has 18 N–H and O–H groups in total. The molecule has 0 radical (unpaired) electrons. The summed E-state index contributed by atoms with van der Waals surface area (Å²) in [4.78, 5) is 110. The van der Waals surface area contributed by atoms with E-state index in [1.165, 1.54) is 84.9 Å². The van der Waals surface area contributed by atoms with Crippen LogP contribution < -0.4 is 62.9 Å². The van der Waals surface area contributed by atoms with Gasteiger partial charge in [0.15, 0.2) is 23.0 Å². The molecule has 28 nitrogen and oxygen atoms in total. The molecule has 1 saturated heterocycles. The Morgan fingerprint density at radius 1 is 0.541 bits per heavy atom. The Labute approximate surface area is 569 Å². The maximum Gasteiger partial charge on any atom is 0.248 e. The van der Waals surface area contributed by atoms with Gasteiger partial charge in [0.05, 0.1) is 10.0 Å². The van der Waals surface area contributed by atoms with Crippen molar-refractivity contribution >= 4 is 64.6 Å². The Bertz CT molecular complexity index is 4220. The molecule has 6 aliphatic rings. The number of benzene rings is 7. The first-order chi connectivity index (χ1) is 46.9. The highest BCUT2D eigenvalue weighted by molar-refractivity contribution is 6.32. The predicted molar refractivity (Wildman–Crippen MR) is 352 cm³/mol. The molecule has 0 aromatic heterocycles. The van der Waals surface area contributed by atoms with E-state index in [9.17, 15) is 50.1 Å². The maximum absolute atomic E-state index is 15.8. The predicted octanol–water partition coefficient (Wildman–Crippen LogP) is 4.39. The fourth-order valence-electron chi connectivity index (χ4n) is 11.8. The number of nitrogens with zero attached hydrogens (tertiary/aromatic N) is 2. The minimum Gasteiger partial charge on any atom is -0.508 e. The largest absolute Gasteiger partial charge is 0.508 e. The fourth-order valence-corrected chi connectivity index (χ4v) is 12.3. The summed E-state index contributed by atoms with van der Waals surface area (Å²) in [7, 11) is 0. The quantitative estimate of drug-likeness (QED) is 0.0754. The van der Waals surface area contributed by atoms with Crippen LogP contribution in [0.3, 0.4) is 0 Å². The number of nitrogens with two attached hydrogens (primary N) is 2. The van der Waals surface area contributed by atoms with E-state index in [1.807, 2.05) is 0 Å². The van der Waals surface area contributed by atoms with Gasteiger partial charge in [-0.15, -0.1) is 0 Å². The molecule has 13 rings (SSSR count). The van der Waals surface area contributed by atoms with Crippen LogP contribution in [0.15, 0.2) is 127 Å². The highest BCUT2D eigenvalue weighted by Gasteiger charge is 2.40. The van der Waals surface area contributed by atoms with Gasteiger partial charge in [-0.25, -0.2) is 0 Å². The zero-order valence-corrected chi connectivity index (χ0v) is 53.6. The van der Waals surface area contributed by atoms with E-state index < -0.39 is 130 Å². The highest BCUT2D eigenvalue weighted by atomic mass is 35.5. The van der Waals surface area contributed by atoms with E-state index in [0.717, 1.165) is 81.6 Å².